The fourth-order valence-electron chi connectivity index (χ4n) is 4.98. The second-order valence-electron chi connectivity index (χ2n) is 8.57. The fraction of sp³-hybridized carbons (Fsp3) is 0.480. The van der Waals surface area contributed by atoms with Crippen LogP contribution in [0.4, 0.5) is 0 Å². The van der Waals surface area contributed by atoms with Gasteiger partial charge < -0.3 is 19.9 Å². The largest absolute Gasteiger partial charge is 0.503 e. The summed E-state index contributed by atoms with van der Waals surface area (Å²) in [6.45, 7) is 3.87. The first kappa shape index (κ1) is 23.6. The van der Waals surface area contributed by atoms with Crippen LogP contribution in [0.15, 0.2) is 42.6 Å². The maximum atomic E-state index is 12.4. The average molecular weight is 441 g/mol. The van der Waals surface area contributed by atoms with E-state index < -0.39 is 5.91 Å². The van der Waals surface area contributed by atoms with Crippen LogP contribution in [0.1, 0.15) is 55.1 Å². The van der Waals surface area contributed by atoms with Crippen molar-refractivity contribution in [2.24, 2.45) is 17.8 Å². The molecule has 2 fully saturated rings. The molecule has 2 unspecified atom stereocenters. The van der Waals surface area contributed by atoms with E-state index in [9.17, 15) is 14.7 Å². The van der Waals surface area contributed by atoms with Gasteiger partial charge in [0.2, 0.25) is 0 Å². The van der Waals surface area contributed by atoms with Crippen molar-refractivity contribution in [3.8, 4) is 11.5 Å². The van der Waals surface area contributed by atoms with E-state index in [2.05, 4.69) is 34.6 Å². The van der Waals surface area contributed by atoms with Crippen LogP contribution in [-0.2, 0) is 9.53 Å². The summed E-state index contributed by atoms with van der Waals surface area (Å²) in [5.41, 5.74) is 1.28. The first-order valence-electron chi connectivity index (χ1n) is 11.1. The van der Waals surface area contributed by atoms with Crippen molar-refractivity contribution >= 4 is 11.9 Å². The number of nitrogens with one attached hydrogen (secondary N) is 1. The van der Waals surface area contributed by atoms with Crippen molar-refractivity contribution in [1.82, 2.24) is 10.3 Å². The Labute approximate surface area is 189 Å². The molecule has 2 aliphatic rings. The number of amides is 1. The molecule has 2 saturated carbocycles. The van der Waals surface area contributed by atoms with Gasteiger partial charge in [-0.25, -0.2) is 4.98 Å². The molecule has 1 aromatic carbocycles. The van der Waals surface area contributed by atoms with Gasteiger partial charge in [-0.1, -0.05) is 30.3 Å². The quantitative estimate of drug-likeness (QED) is 0.684. The fourth-order valence-corrected chi connectivity index (χ4v) is 4.98. The van der Waals surface area contributed by atoms with E-state index in [1.54, 1.807) is 0 Å². The molecular weight excluding hydrogens is 408 g/mol. The van der Waals surface area contributed by atoms with Gasteiger partial charge in [-0.3, -0.25) is 9.59 Å². The Bertz CT molecular complexity index is 931. The number of methoxy groups -OCH3 is 1. The summed E-state index contributed by atoms with van der Waals surface area (Å²) < 4.78 is 10.3. The van der Waals surface area contributed by atoms with E-state index in [1.807, 2.05) is 19.9 Å². The molecule has 7 heteroatoms. The van der Waals surface area contributed by atoms with E-state index in [4.69, 9.17) is 9.47 Å². The van der Waals surface area contributed by atoms with Crippen LogP contribution in [0.5, 0.6) is 11.5 Å². The topological polar surface area (TPSA) is 97.8 Å². The third-order valence-electron chi connectivity index (χ3n) is 6.27. The Morgan fingerprint density at radius 1 is 1.12 bits per heavy atom. The second-order valence-corrected chi connectivity index (χ2v) is 8.57. The van der Waals surface area contributed by atoms with E-state index >= 15 is 0 Å². The third-order valence-corrected chi connectivity index (χ3v) is 6.27. The van der Waals surface area contributed by atoms with Crippen LogP contribution in [-0.4, -0.2) is 42.2 Å². The summed E-state index contributed by atoms with van der Waals surface area (Å²) in [5, 5.41) is 11.8. The number of fused-ring (bicyclic) bond motifs is 2. The molecule has 1 aromatic heterocycles. The zero-order valence-corrected chi connectivity index (χ0v) is 19.1. The zero-order valence-electron chi connectivity index (χ0n) is 19.1. The highest BCUT2D eigenvalue weighted by Gasteiger charge is 2.52. The molecule has 0 aliphatic heterocycles. The first-order chi connectivity index (χ1) is 15.4. The van der Waals surface area contributed by atoms with Gasteiger partial charge >= 0.3 is 5.97 Å². The molecule has 0 spiro atoms. The molecule has 2 aromatic rings. The third kappa shape index (κ3) is 5.03. The first-order valence-corrected chi connectivity index (χ1v) is 11.1. The molecular formula is C25H32N2O5. The highest BCUT2D eigenvalue weighted by molar-refractivity contribution is 5.95. The predicted octanol–water partition coefficient (Wildman–Crippen LogP) is 3.92. The smallest absolute Gasteiger partial charge is 0.310 e. The number of pyridine rings is 1. The van der Waals surface area contributed by atoms with Crippen molar-refractivity contribution in [2.75, 3.05) is 14.2 Å². The molecule has 2 N–H and O–H groups in total. The van der Waals surface area contributed by atoms with Crippen LogP contribution in [0, 0.1) is 17.8 Å². The number of rotatable bonds is 5. The lowest BCUT2D eigenvalue weighted by Gasteiger charge is -2.30. The molecule has 4 rings (SSSR count). The van der Waals surface area contributed by atoms with Crippen molar-refractivity contribution in [3.05, 3.63) is 53.9 Å². The van der Waals surface area contributed by atoms with Crippen LogP contribution < -0.4 is 10.1 Å². The Kier molecular flexibility index (Phi) is 7.72. The lowest BCUT2D eigenvalue weighted by Crippen LogP contribution is -2.31. The molecule has 0 saturated heterocycles. The Hall–Kier alpha value is -3.09. The lowest BCUT2D eigenvalue weighted by molar-refractivity contribution is -0.155. The van der Waals surface area contributed by atoms with Crippen molar-refractivity contribution in [1.29, 1.82) is 0 Å². The Balaban J connectivity index is 0.000000195. The molecule has 2 aliphatic carbocycles. The SMILES string of the molecule is CC(C)OC(=O)[C@@H]1C2CCC(C2)[C@H]1c1ccccc1.CNC(=O)c1nccc(OC)c1O. The maximum Gasteiger partial charge on any atom is 0.310 e. The molecule has 172 valence electrons. The van der Waals surface area contributed by atoms with Gasteiger partial charge in [-0.2, -0.15) is 0 Å². The molecule has 0 radical (unpaired) electrons. The maximum absolute atomic E-state index is 12.4. The number of carbonyl (C=O) groups is 2. The van der Waals surface area contributed by atoms with Gasteiger partial charge in [-0.05, 0) is 50.5 Å². The zero-order chi connectivity index (χ0) is 23.3. The highest BCUT2D eigenvalue weighted by atomic mass is 16.5. The summed E-state index contributed by atoms with van der Waals surface area (Å²) in [4.78, 5) is 27.2. The summed E-state index contributed by atoms with van der Waals surface area (Å²) in [7, 11) is 2.87. The van der Waals surface area contributed by atoms with Crippen LogP contribution in [0.25, 0.3) is 0 Å². The number of benzene rings is 1. The molecule has 7 nitrogen and oxygen atoms in total. The molecule has 2 bridgehead atoms. The lowest BCUT2D eigenvalue weighted by atomic mass is 9.75. The number of esters is 1. The summed E-state index contributed by atoms with van der Waals surface area (Å²) in [5.74, 6) is 1.25. The minimum Gasteiger partial charge on any atom is -0.503 e. The normalized spacial score (nSPS) is 23.3. The monoisotopic (exact) mass is 440 g/mol. The van der Waals surface area contributed by atoms with Crippen LogP contribution >= 0.6 is 0 Å². The minimum atomic E-state index is -0.448. The van der Waals surface area contributed by atoms with E-state index in [1.165, 1.54) is 51.2 Å². The number of aromatic hydroxyl groups is 1. The number of nitrogens with zero attached hydrogens (tertiary/aromatic N) is 1. The average Bonchev–Trinajstić information content (AvgIpc) is 3.41. The number of carbonyl (C=O) groups excluding carboxylic acids is 2. The van der Waals surface area contributed by atoms with Crippen molar-refractivity contribution < 1.29 is 24.2 Å². The standard InChI is InChI=1S/C17H22O2.C8H10N2O3/c1-11(2)19-17(18)16-14-9-8-13(10-14)15(16)12-6-4-3-5-7-12;1-9-8(12)6-7(11)5(13-2)3-4-10-6/h3-7,11,13-16H,8-10H2,1-2H3;3-4,11H,1-2H3,(H,9,12)/t13?,14?,15-,16-;/m1./s1. The molecule has 1 amide bonds. The van der Waals surface area contributed by atoms with Crippen molar-refractivity contribution in [2.45, 2.75) is 45.1 Å². The van der Waals surface area contributed by atoms with Gasteiger partial charge in [0.15, 0.2) is 17.2 Å². The molecule has 4 atom stereocenters. The number of hydrogen-bond acceptors (Lipinski definition) is 6. The highest BCUT2D eigenvalue weighted by Crippen LogP contribution is 2.57. The number of aromatic nitrogens is 1. The van der Waals surface area contributed by atoms with E-state index in [0.29, 0.717) is 17.8 Å². The minimum absolute atomic E-state index is 0.0111. The van der Waals surface area contributed by atoms with E-state index in [-0.39, 0.29) is 35.2 Å². The summed E-state index contributed by atoms with van der Waals surface area (Å²) >= 11 is 0. The Morgan fingerprint density at radius 3 is 2.44 bits per heavy atom. The van der Waals surface area contributed by atoms with Gasteiger partial charge in [-0.15, -0.1) is 0 Å². The molecule has 1 heterocycles. The van der Waals surface area contributed by atoms with Gasteiger partial charge in [0.1, 0.15) is 0 Å². The van der Waals surface area contributed by atoms with Gasteiger partial charge in [0, 0.05) is 25.2 Å². The van der Waals surface area contributed by atoms with Gasteiger partial charge in [0.05, 0.1) is 19.1 Å². The summed E-state index contributed by atoms with van der Waals surface area (Å²) in [6, 6.07) is 12.0. The van der Waals surface area contributed by atoms with E-state index in [0.717, 1.165) is 0 Å². The molecule has 32 heavy (non-hydrogen) atoms. The number of ether oxygens (including phenoxy) is 2. The second kappa shape index (κ2) is 10.5. The van der Waals surface area contributed by atoms with Crippen LogP contribution in [0.3, 0.4) is 0 Å². The Morgan fingerprint density at radius 2 is 1.81 bits per heavy atom. The van der Waals surface area contributed by atoms with Crippen molar-refractivity contribution in [3.63, 3.8) is 0 Å². The summed E-state index contributed by atoms with van der Waals surface area (Å²) in [6.07, 6.45) is 5.06. The predicted molar refractivity (Wildman–Crippen MR) is 121 cm³/mol. The van der Waals surface area contributed by atoms with Crippen LogP contribution in [0.2, 0.25) is 0 Å². The number of hydrogen-bond donors (Lipinski definition) is 2. The van der Waals surface area contributed by atoms with Gasteiger partial charge in [0.25, 0.3) is 5.91 Å².